The molecule has 2 aromatic carbocycles. The van der Waals surface area contributed by atoms with Crippen molar-refractivity contribution in [2.75, 3.05) is 51.8 Å². The van der Waals surface area contributed by atoms with E-state index in [1.165, 1.54) is 7.05 Å². The summed E-state index contributed by atoms with van der Waals surface area (Å²) in [5.41, 5.74) is 3.41. The van der Waals surface area contributed by atoms with E-state index in [1.807, 2.05) is 43.3 Å². The zero-order valence-electron chi connectivity index (χ0n) is 18.9. The van der Waals surface area contributed by atoms with Crippen LogP contribution in [0, 0.1) is 20.8 Å². The predicted molar refractivity (Wildman–Crippen MR) is 122 cm³/mol. The second-order valence-electron chi connectivity index (χ2n) is 8.03. The van der Waals surface area contributed by atoms with Gasteiger partial charge in [-0.3, -0.25) is 4.79 Å². The molecule has 0 radical (unpaired) electrons. The molecule has 2 aromatic rings. The van der Waals surface area contributed by atoms with E-state index >= 15 is 0 Å². The summed E-state index contributed by atoms with van der Waals surface area (Å²) in [6.07, 6.45) is 0. The molecule has 0 aliphatic carbocycles. The van der Waals surface area contributed by atoms with Crippen molar-refractivity contribution in [3.63, 3.8) is 0 Å². The van der Waals surface area contributed by atoms with E-state index in [9.17, 15) is 13.2 Å². The van der Waals surface area contributed by atoms with Gasteiger partial charge in [0.15, 0.2) is 0 Å². The Morgan fingerprint density at radius 1 is 1.03 bits per heavy atom. The number of benzene rings is 2. The summed E-state index contributed by atoms with van der Waals surface area (Å²) in [7, 11) is -0.640. The lowest BCUT2D eigenvalue weighted by molar-refractivity contribution is -0.131. The maximum atomic E-state index is 13.1. The number of methoxy groups -OCH3 is 1. The molecule has 1 aliphatic heterocycles. The Morgan fingerprint density at radius 2 is 1.61 bits per heavy atom. The molecule has 0 atom stereocenters. The van der Waals surface area contributed by atoms with Crippen molar-refractivity contribution in [1.82, 2.24) is 9.21 Å². The molecule has 0 saturated carbocycles. The van der Waals surface area contributed by atoms with Crippen LogP contribution in [0.4, 0.5) is 5.69 Å². The van der Waals surface area contributed by atoms with E-state index < -0.39 is 10.0 Å². The Hall–Kier alpha value is -2.58. The summed E-state index contributed by atoms with van der Waals surface area (Å²) in [4.78, 5) is 17.1. The Morgan fingerprint density at radius 3 is 2.19 bits per heavy atom. The fourth-order valence-electron chi connectivity index (χ4n) is 4.19. The van der Waals surface area contributed by atoms with Crippen molar-refractivity contribution in [2.45, 2.75) is 25.7 Å². The molecule has 1 saturated heterocycles. The lowest BCUT2D eigenvalue weighted by Gasteiger charge is -2.37. The van der Waals surface area contributed by atoms with Crippen LogP contribution in [0.15, 0.2) is 41.3 Å². The van der Waals surface area contributed by atoms with Crippen LogP contribution in [0.5, 0.6) is 5.75 Å². The molecule has 1 heterocycles. The molecule has 7 nitrogen and oxygen atoms in total. The van der Waals surface area contributed by atoms with Crippen LogP contribution >= 0.6 is 0 Å². The largest absolute Gasteiger partial charge is 0.495 e. The molecule has 1 amide bonds. The average molecular weight is 446 g/mol. The molecule has 0 unspecified atom stereocenters. The van der Waals surface area contributed by atoms with Gasteiger partial charge in [-0.1, -0.05) is 29.8 Å². The Balaban J connectivity index is 1.66. The predicted octanol–water partition coefficient (Wildman–Crippen LogP) is 2.59. The second-order valence-corrected chi connectivity index (χ2v) is 10.0. The second kappa shape index (κ2) is 9.28. The van der Waals surface area contributed by atoms with Crippen LogP contribution in [0.2, 0.25) is 0 Å². The number of carbonyl (C=O) groups excluding carboxylic acids is 1. The van der Waals surface area contributed by atoms with Gasteiger partial charge in [0.2, 0.25) is 15.9 Å². The zero-order chi connectivity index (χ0) is 22.8. The van der Waals surface area contributed by atoms with E-state index in [-0.39, 0.29) is 17.3 Å². The molecule has 0 aromatic heterocycles. The average Bonchev–Trinajstić information content (AvgIpc) is 2.72. The van der Waals surface area contributed by atoms with Crippen molar-refractivity contribution in [3.05, 3.63) is 53.1 Å². The molecular weight excluding hydrogens is 414 g/mol. The lowest BCUT2D eigenvalue weighted by atomic mass is 10.1. The first kappa shape index (κ1) is 23.1. The summed E-state index contributed by atoms with van der Waals surface area (Å²) in [5, 5.41) is 0. The van der Waals surface area contributed by atoms with Crippen LogP contribution < -0.4 is 9.64 Å². The van der Waals surface area contributed by atoms with E-state index in [1.54, 1.807) is 25.9 Å². The molecule has 0 spiro atoms. The van der Waals surface area contributed by atoms with Gasteiger partial charge in [0.05, 0.1) is 24.2 Å². The van der Waals surface area contributed by atoms with Crippen molar-refractivity contribution < 1.29 is 17.9 Å². The maximum absolute atomic E-state index is 13.1. The minimum atomic E-state index is -3.75. The van der Waals surface area contributed by atoms with Crippen LogP contribution in [0.25, 0.3) is 0 Å². The highest BCUT2D eigenvalue weighted by molar-refractivity contribution is 7.89. The molecule has 8 heteroatoms. The number of aryl methyl sites for hydroxylation is 3. The number of ether oxygens (including phenoxy) is 1. The number of amides is 1. The van der Waals surface area contributed by atoms with Gasteiger partial charge < -0.3 is 14.5 Å². The monoisotopic (exact) mass is 445 g/mol. The number of sulfonamides is 1. The fourth-order valence-corrected chi connectivity index (χ4v) is 5.72. The van der Waals surface area contributed by atoms with Gasteiger partial charge >= 0.3 is 0 Å². The normalized spacial score (nSPS) is 14.8. The number of piperazine rings is 1. The summed E-state index contributed by atoms with van der Waals surface area (Å²) < 4.78 is 32.9. The zero-order valence-corrected chi connectivity index (χ0v) is 19.7. The maximum Gasteiger partial charge on any atom is 0.243 e. The van der Waals surface area contributed by atoms with Gasteiger partial charge in [0, 0.05) is 33.2 Å². The SMILES string of the molecule is COc1ccccc1N1CCN(C(=O)CN(C)S(=O)(=O)c2c(C)cc(C)cc2C)CC1. The van der Waals surface area contributed by atoms with Gasteiger partial charge in [-0.05, 0) is 44.0 Å². The number of para-hydroxylation sites is 2. The molecule has 3 rings (SSSR count). The first-order valence-corrected chi connectivity index (χ1v) is 11.8. The fraction of sp³-hybridized carbons (Fsp3) is 0.435. The first-order chi connectivity index (χ1) is 14.6. The van der Waals surface area contributed by atoms with Crippen molar-refractivity contribution in [3.8, 4) is 5.75 Å². The molecule has 168 valence electrons. The van der Waals surface area contributed by atoms with Crippen LogP contribution in [0.1, 0.15) is 16.7 Å². The van der Waals surface area contributed by atoms with Crippen molar-refractivity contribution in [1.29, 1.82) is 0 Å². The van der Waals surface area contributed by atoms with Gasteiger partial charge in [0.1, 0.15) is 5.75 Å². The summed E-state index contributed by atoms with van der Waals surface area (Å²) in [6, 6.07) is 11.5. The van der Waals surface area contributed by atoms with Crippen molar-refractivity contribution in [2.24, 2.45) is 0 Å². The van der Waals surface area contributed by atoms with E-state index in [2.05, 4.69) is 4.90 Å². The molecule has 0 bridgehead atoms. The summed E-state index contributed by atoms with van der Waals surface area (Å²) in [5.74, 6) is 0.616. The number of hydrogen-bond acceptors (Lipinski definition) is 5. The Labute approximate surface area is 185 Å². The topological polar surface area (TPSA) is 70.2 Å². The van der Waals surface area contributed by atoms with Gasteiger partial charge in [0.25, 0.3) is 0 Å². The standard InChI is InChI=1S/C23H31N3O4S/c1-17-14-18(2)23(19(3)15-17)31(28,29)24(4)16-22(27)26-12-10-25(11-13-26)20-8-6-7-9-21(20)30-5/h6-9,14-15H,10-13,16H2,1-5H3. The summed E-state index contributed by atoms with van der Waals surface area (Å²) >= 11 is 0. The smallest absolute Gasteiger partial charge is 0.243 e. The van der Waals surface area contributed by atoms with Crippen LogP contribution in [0.3, 0.4) is 0 Å². The highest BCUT2D eigenvalue weighted by Crippen LogP contribution is 2.28. The third kappa shape index (κ3) is 4.85. The van der Waals surface area contributed by atoms with Gasteiger partial charge in [-0.15, -0.1) is 0 Å². The van der Waals surface area contributed by atoms with Crippen molar-refractivity contribution >= 4 is 21.6 Å². The minimum Gasteiger partial charge on any atom is -0.495 e. The lowest BCUT2D eigenvalue weighted by Crippen LogP contribution is -2.51. The Bertz CT molecular complexity index is 1040. The van der Waals surface area contributed by atoms with E-state index in [4.69, 9.17) is 4.74 Å². The number of likely N-dealkylation sites (N-methyl/N-ethyl adjacent to an activating group) is 1. The third-order valence-corrected chi connectivity index (χ3v) is 7.80. The quantitative estimate of drug-likeness (QED) is 0.684. The van der Waals surface area contributed by atoms with Gasteiger partial charge in [-0.25, -0.2) is 8.42 Å². The highest BCUT2D eigenvalue weighted by Gasteiger charge is 2.29. The third-order valence-electron chi connectivity index (χ3n) is 5.69. The first-order valence-electron chi connectivity index (χ1n) is 10.3. The van der Waals surface area contributed by atoms with Crippen LogP contribution in [-0.4, -0.2) is 70.4 Å². The number of nitrogens with zero attached hydrogens (tertiary/aromatic N) is 3. The molecule has 31 heavy (non-hydrogen) atoms. The Kier molecular flexibility index (Phi) is 6.91. The summed E-state index contributed by atoms with van der Waals surface area (Å²) in [6.45, 7) is 7.75. The molecular formula is C23H31N3O4S. The highest BCUT2D eigenvalue weighted by atomic mass is 32.2. The minimum absolute atomic E-state index is 0.177. The molecule has 0 N–H and O–H groups in total. The van der Waals surface area contributed by atoms with Gasteiger partial charge in [-0.2, -0.15) is 4.31 Å². The number of anilines is 1. The molecule has 1 aliphatic rings. The van der Waals surface area contributed by atoms with E-state index in [0.717, 1.165) is 21.3 Å². The number of rotatable bonds is 6. The van der Waals surface area contributed by atoms with E-state index in [0.29, 0.717) is 37.3 Å². The molecule has 1 fully saturated rings. The number of hydrogen-bond donors (Lipinski definition) is 0. The van der Waals surface area contributed by atoms with Crippen LogP contribution in [-0.2, 0) is 14.8 Å². The number of carbonyl (C=O) groups is 1.